The van der Waals surface area contributed by atoms with Gasteiger partial charge in [0.15, 0.2) is 0 Å². The lowest BCUT2D eigenvalue weighted by Gasteiger charge is -2.19. The number of hydrogen-bond acceptors (Lipinski definition) is 4. The van der Waals surface area contributed by atoms with Gasteiger partial charge < -0.3 is 4.90 Å². The lowest BCUT2D eigenvalue weighted by Crippen LogP contribution is -2.31. The van der Waals surface area contributed by atoms with E-state index in [2.05, 4.69) is 0 Å². The SMILES string of the molecule is NS(=O)(=O)c1cc(C(=O)N2CCCCCC2)cs1. The molecule has 2 rings (SSSR count). The van der Waals surface area contributed by atoms with Gasteiger partial charge in [0, 0.05) is 18.5 Å². The maximum absolute atomic E-state index is 12.2. The van der Waals surface area contributed by atoms with Crippen LogP contribution in [-0.2, 0) is 10.0 Å². The van der Waals surface area contributed by atoms with Crippen molar-refractivity contribution in [2.75, 3.05) is 13.1 Å². The van der Waals surface area contributed by atoms with Crippen LogP contribution in [0.3, 0.4) is 0 Å². The minimum Gasteiger partial charge on any atom is -0.339 e. The quantitative estimate of drug-likeness (QED) is 0.893. The van der Waals surface area contributed by atoms with Crippen LogP contribution in [0.5, 0.6) is 0 Å². The summed E-state index contributed by atoms with van der Waals surface area (Å²) in [6.07, 6.45) is 4.32. The first-order valence-electron chi connectivity index (χ1n) is 5.89. The summed E-state index contributed by atoms with van der Waals surface area (Å²) >= 11 is 0.994. The zero-order valence-corrected chi connectivity index (χ0v) is 11.6. The molecular formula is C11H16N2O3S2. The van der Waals surface area contributed by atoms with Gasteiger partial charge in [-0.25, -0.2) is 13.6 Å². The largest absolute Gasteiger partial charge is 0.339 e. The smallest absolute Gasteiger partial charge is 0.254 e. The molecule has 1 aromatic rings. The number of sulfonamides is 1. The molecule has 1 amide bonds. The summed E-state index contributed by atoms with van der Waals surface area (Å²) in [6.45, 7) is 1.50. The summed E-state index contributed by atoms with van der Waals surface area (Å²) in [7, 11) is -3.71. The number of carbonyl (C=O) groups excluding carboxylic acids is 1. The number of likely N-dealkylation sites (tertiary alicyclic amines) is 1. The summed E-state index contributed by atoms with van der Waals surface area (Å²) in [4.78, 5) is 14.0. The van der Waals surface area contributed by atoms with Crippen LogP contribution in [0, 0.1) is 0 Å². The molecule has 100 valence electrons. The molecule has 1 aromatic heterocycles. The van der Waals surface area contributed by atoms with E-state index in [4.69, 9.17) is 5.14 Å². The van der Waals surface area contributed by atoms with Crippen LogP contribution < -0.4 is 5.14 Å². The topological polar surface area (TPSA) is 80.5 Å². The van der Waals surface area contributed by atoms with E-state index in [1.165, 1.54) is 6.07 Å². The van der Waals surface area contributed by atoms with Crippen molar-refractivity contribution in [3.05, 3.63) is 17.0 Å². The van der Waals surface area contributed by atoms with Gasteiger partial charge in [-0.3, -0.25) is 4.79 Å². The predicted molar refractivity (Wildman–Crippen MR) is 70.1 cm³/mol. The molecule has 0 unspecified atom stereocenters. The number of primary sulfonamides is 1. The highest BCUT2D eigenvalue weighted by Crippen LogP contribution is 2.21. The van der Waals surface area contributed by atoms with Crippen LogP contribution in [0.15, 0.2) is 15.7 Å². The Kier molecular flexibility index (Phi) is 4.04. The molecule has 2 heterocycles. The standard InChI is InChI=1S/C11H16N2O3S2/c12-18(15,16)10-7-9(8-17-10)11(14)13-5-3-1-2-4-6-13/h7-8H,1-6H2,(H2,12,15,16). The Labute approximate surface area is 111 Å². The fourth-order valence-electron chi connectivity index (χ4n) is 2.03. The van der Waals surface area contributed by atoms with E-state index in [0.717, 1.165) is 50.1 Å². The Morgan fingerprint density at radius 1 is 1.22 bits per heavy atom. The van der Waals surface area contributed by atoms with Crippen molar-refractivity contribution in [3.8, 4) is 0 Å². The van der Waals surface area contributed by atoms with Gasteiger partial charge in [-0.05, 0) is 18.9 Å². The normalized spacial score (nSPS) is 17.5. The average molecular weight is 288 g/mol. The average Bonchev–Trinajstić information content (AvgIpc) is 2.65. The number of amides is 1. The fraction of sp³-hybridized carbons (Fsp3) is 0.545. The van der Waals surface area contributed by atoms with Gasteiger partial charge in [0.2, 0.25) is 10.0 Å². The molecule has 0 saturated carbocycles. The van der Waals surface area contributed by atoms with Crippen LogP contribution in [0.2, 0.25) is 0 Å². The van der Waals surface area contributed by atoms with Gasteiger partial charge in [-0.1, -0.05) is 12.8 Å². The molecule has 18 heavy (non-hydrogen) atoms. The Bertz CT molecular complexity index is 528. The molecule has 7 heteroatoms. The van der Waals surface area contributed by atoms with Gasteiger partial charge in [-0.2, -0.15) is 0 Å². The first-order chi connectivity index (χ1) is 8.48. The van der Waals surface area contributed by atoms with Crippen molar-refractivity contribution in [1.29, 1.82) is 0 Å². The van der Waals surface area contributed by atoms with Gasteiger partial charge in [0.25, 0.3) is 5.91 Å². The first kappa shape index (κ1) is 13.5. The third-order valence-electron chi connectivity index (χ3n) is 3.00. The second-order valence-corrected chi connectivity index (χ2v) is 7.11. The predicted octanol–water partition coefficient (Wildman–Crippen LogP) is 1.41. The summed E-state index contributed by atoms with van der Waals surface area (Å²) in [5.41, 5.74) is 0.422. The van der Waals surface area contributed by atoms with E-state index in [9.17, 15) is 13.2 Å². The monoisotopic (exact) mass is 288 g/mol. The Morgan fingerprint density at radius 3 is 2.33 bits per heavy atom. The molecule has 1 aliphatic heterocycles. The van der Waals surface area contributed by atoms with Crippen molar-refractivity contribution in [2.24, 2.45) is 5.14 Å². The highest BCUT2D eigenvalue weighted by molar-refractivity contribution is 7.91. The lowest BCUT2D eigenvalue weighted by atomic mass is 10.2. The van der Waals surface area contributed by atoms with Crippen molar-refractivity contribution in [2.45, 2.75) is 29.9 Å². The fourth-order valence-corrected chi connectivity index (χ4v) is 3.61. The number of nitrogens with zero attached hydrogens (tertiary/aromatic N) is 1. The maximum atomic E-state index is 12.2. The van der Waals surface area contributed by atoms with Gasteiger partial charge >= 0.3 is 0 Å². The minimum absolute atomic E-state index is 0.0423. The van der Waals surface area contributed by atoms with E-state index in [0.29, 0.717) is 5.56 Å². The summed E-state index contributed by atoms with van der Waals surface area (Å²) in [6, 6.07) is 1.37. The Morgan fingerprint density at radius 2 is 1.83 bits per heavy atom. The van der Waals surface area contributed by atoms with Crippen molar-refractivity contribution >= 4 is 27.3 Å². The van der Waals surface area contributed by atoms with E-state index < -0.39 is 10.0 Å². The zero-order chi connectivity index (χ0) is 13.2. The van der Waals surface area contributed by atoms with E-state index in [1.807, 2.05) is 0 Å². The molecule has 1 aliphatic rings. The third-order valence-corrected chi connectivity index (χ3v) is 5.38. The number of hydrogen-bond donors (Lipinski definition) is 1. The highest BCUT2D eigenvalue weighted by atomic mass is 32.2. The van der Waals surface area contributed by atoms with Crippen LogP contribution >= 0.6 is 11.3 Å². The minimum atomic E-state index is -3.71. The molecule has 5 nitrogen and oxygen atoms in total. The molecule has 0 aliphatic carbocycles. The molecule has 0 bridgehead atoms. The zero-order valence-electron chi connectivity index (χ0n) is 9.96. The molecule has 0 spiro atoms. The van der Waals surface area contributed by atoms with Crippen LogP contribution in [0.4, 0.5) is 0 Å². The first-order valence-corrected chi connectivity index (χ1v) is 8.32. The summed E-state index contributed by atoms with van der Waals surface area (Å²) in [5.74, 6) is -0.0944. The van der Waals surface area contributed by atoms with Gasteiger partial charge in [-0.15, -0.1) is 11.3 Å². The van der Waals surface area contributed by atoms with E-state index in [1.54, 1.807) is 10.3 Å². The van der Waals surface area contributed by atoms with Crippen LogP contribution in [-0.4, -0.2) is 32.3 Å². The summed E-state index contributed by atoms with van der Waals surface area (Å²) < 4.78 is 22.4. The molecular weight excluding hydrogens is 272 g/mol. The maximum Gasteiger partial charge on any atom is 0.254 e. The molecule has 1 fully saturated rings. The number of rotatable bonds is 2. The third kappa shape index (κ3) is 3.09. The molecule has 0 radical (unpaired) electrons. The van der Waals surface area contributed by atoms with Crippen molar-refractivity contribution < 1.29 is 13.2 Å². The van der Waals surface area contributed by atoms with Crippen LogP contribution in [0.1, 0.15) is 36.0 Å². The van der Waals surface area contributed by atoms with Gasteiger partial charge in [0.1, 0.15) is 4.21 Å². The second-order valence-electron chi connectivity index (χ2n) is 4.41. The molecule has 0 atom stereocenters. The lowest BCUT2D eigenvalue weighted by molar-refractivity contribution is 0.0762. The van der Waals surface area contributed by atoms with Gasteiger partial charge in [0.05, 0.1) is 5.56 Å². The van der Waals surface area contributed by atoms with Crippen molar-refractivity contribution in [3.63, 3.8) is 0 Å². The molecule has 2 N–H and O–H groups in total. The Balaban J connectivity index is 2.15. The van der Waals surface area contributed by atoms with Crippen LogP contribution in [0.25, 0.3) is 0 Å². The van der Waals surface area contributed by atoms with E-state index >= 15 is 0 Å². The number of carbonyl (C=O) groups is 1. The highest BCUT2D eigenvalue weighted by Gasteiger charge is 2.20. The number of thiophene rings is 1. The second kappa shape index (κ2) is 5.38. The summed E-state index contributed by atoms with van der Waals surface area (Å²) in [5, 5.41) is 6.59. The Hall–Kier alpha value is -0.920. The number of nitrogens with two attached hydrogens (primary N) is 1. The van der Waals surface area contributed by atoms with Crippen molar-refractivity contribution in [1.82, 2.24) is 4.90 Å². The molecule has 0 aromatic carbocycles. The molecule has 1 saturated heterocycles. The van der Waals surface area contributed by atoms with E-state index in [-0.39, 0.29) is 10.1 Å².